The fraction of sp³-hybridized carbons (Fsp3) is 0.333. The third-order valence-electron chi connectivity index (χ3n) is 2.38. The van der Waals surface area contributed by atoms with E-state index in [4.69, 9.17) is 8.83 Å². The van der Waals surface area contributed by atoms with Gasteiger partial charge in [0.25, 0.3) is 0 Å². The van der Waals surface area contributed by atoms with Crippen LogP contribution in [0.5, 0.6) is 0 Å². The van der Waals surface area contributed by atoms with E-state index in [1.807, 2.05) is 38.1 Å². The largest absolute Gasteiger partial charge is 0.466 e. The first-order chi connectivity index (χ1) is 6.66. The molecule has 2 rings (SSSR count). The van der Waals surface area contributed by atoms with Crippen LogP contribution < -0.4 is 0 Å². The summed E-state index contributed by atoms with van der Waals surface area (Å²) < 4.78 is 11.1. The summed E-state index contributed by atoms with van der Waals surface area (Å²) >= 11 is 0. The Morgan fingerprint density at radius 1 is 0.857 bits per heavy atom. The second kappa shape index (κ2) is 3.37. The number of rotatable bonds is 2. The molecule has 0 unspecified atom stereocenters. The molecule has 0 spiro atoms. The van der Waals surface area contributed by atoms with E-state index in [-0.39, 0.29) is 5.92 Å². The Labute approximate surface area is 83.5 Å². The van der Waals surface area contributed by atoms with Crippen LogP contribution in [0.15, 0.2) is 33.1 Å². The van der Waals surface area contributed by atoms with Gasteiger partial charge < -0.3 is 8.83 Å². The van der Waals surface area contributed by atoms with Crippen molar-refractivity contribution >= 4 is 0 Å². The highest BCUT2D eigenvalue weighted by Crippen LogP contribution is 2.26. The second-order valence-electron chi connectivity index (χ2n) is 3.62. The number of aryl methyl sites for hydroxylation is 2. The molecule has 0 radical (unpaired) electrons. The molecule has 2 heteroatoms. The zero-order valence-corrected chi connectivity index (χ0v) is 8.70. The monoisotopic (exact) mass is 190 g/mol. The van der Waals surface area contributed by atoms with Crippen LogP contribution >= 0.6 is 0 Å². The Hall–Kier alpha value is -1.44. The lowest BCUT2D eigenvalue weighted by Crippen LogP contribution is -1.91. The van der Waals surface area contributed by atoms with Gasteiger partial charge in [-0.3, -0.25) is 0 Å². The Morgan fingerprint density at radius 2 is 1.29 bits per heavy atom. The highest BCUT2D eigenvalue weighted by atomic mass is 16.4. The van der Waals surface area contributed by atoms with Gasteiger partial charge in [0.05, 0.1) is 5.92 Å². The summed E-state index contributed by atoms with van der Waals surface area (Å²) in [7, 11) is 0. The highest BCUT2D eigenvalue weighted by molar-refractivity contribution is 5.20. The van der Waals surface area contributed by atoms with Crippen LogP contribution in [0.25, 0.3) is 0 Å². The summed E-state index contributed by atoms with van der Waals surface area (Å²) in [4.78, 5) is 0. The molecule has 0 N–H and O–H groups in total. The summed E-state index contributed by atoms with van der Waals surface area (Å²) in [5, 5.41) is 0. The second-order valence-corrected chi connectivity index (χ2v) is 3.62. The van der Waals surface area contributed by atoms with Gasteiger partial charge in [0.15, 0.2) is 0 Å². The molecular weight excluding hydrogens is 176 g/mol. The van der Waals surface area contributed by atoms with Gasteiger partial charge in [0, 0.05) is 0 Å². The minimum atomic E-state index is 0.192. The third kappa shape index (κ3) is 1.60. The minimum absolute atomic E-state index is 0.192. The predicted molar refractivity (Wildman–Crippen MR) is 54.4 cm³/mol. The normalized spacial score (nSPS) is 11.1. The first-order valence-corrected chi connectivity index (χ1v) is 4.79. The summed E-state index contributed by atoms with van der Waals surface area (Å²) in [6, 6.07) is 7.94. The van der Waals surface area contributed by atoms with E-state index in [2.05, 4.69) is 6.92 Å². The van der Waals surface area contributed by atoms with Crippen molar-refractivity contribution in [3.8, 4) is 0 Å². The first kappa shape index (κ1) is 9.13. The Balaban J connectivity index is 2.28. The van der Waals surface area contributed by atoms with Crippen LogP contribution in [0, 0.1) is 13.8 Å². The number of hydrogen-bond donors (Lipinski definition) is 0. The third-order valence-corrected chi connectivity index (χ3v) is 2.38. The summed E-state index contributed by atoms with van der Waals surface area (Å²) in [5.74, 6) is 3.98. The van der Waals surface area contributed by atoms with E-state index in [0.29, 0.717) is 0 Å². The maximum Gasteiger partial charge on any atom is 0.114 e. The average molecular weight is 190 g/mol. The predicted octanol–water partition coefficient (Wildman–Crippen LogP) is 3.64. The lowest BCUT2D eigenvalue weighted by molar-refractivity contribution is 0.419. The van der Waals surface area contributed by atoms with Gasteiger partial charge in [-0.25, -0.2) is 0 Å². The first-order valence-electron chi connectivity index (χ1n) is 4.79. The highest BCUT2D eigenvalue weighted by Gasteiger charge is 2.14. The maximum absolute atomic E-state index is 5.55. The molecule has 14 heavy (non-hydrogen) atoms. The van der Waals surface area contributed by atoms with Crippen molar-refractivity contribution in [2.24, 2.45) is 0 Å². The Morgan fingerprint density at radius 3 is 1.57 bits per heavy atom. The molecule has 2 nitrogen and oxygen atoms in total. The van der Waals surface area contributed by atoms with Crippen molar-refractivity contribution in [1.29, 1.82) is 0 Å². The Kier molecular flexibility index (Phi) is 2.20. The van der Waals surface area contributed by atoms with Gasteiger partial charge in [-0.05, 0) is 45.0 Å². The van der Waals surface area contributed by atoms with E-state index < -0.39 is 0 Å². The molecule has 2 aromatic rings. The standard InChI is InChI=1S/C12H14O2/c1-8-4-6-11(13-8)10(3)12-7-5-9(2)14-12/h4-7,10H,1-3H3. The quantitative estimate of drug-likeness (QED) is 0.722. The molecule has 0 saturated carbocycles. The van der Waals surface area contributed by atoms with Gasteiger partial charge in [0.1, 0.15) is 23.0 Å². The summed E-state index contributed by atoms with van der Waals surface area (Å²) in [5.41, 5.74) is 0. The van der Waals surface area contributed by atoms with Crippen LogP contribution in [0.1, 0.15) is 35.9 Å². The van der Waals surface area contributed by atoms with Crippen LogP contribution in [-0.2, 0) is 0 Å². The molecule has 0 aliphatic rings. The topological polar surface area (TPSA) is 26.3 Å². The van der Waals surface area contributed by atoms with E-state index >= 15 is 0 Å². The van der Waals surface area contributed by atoms with Crippen LogP contribution in [0.4, 0.5) is 0 Å². The summed E-state index contributed by atoms with van der Waals surface area (Å²) in [6.07, 6.45) is 0. The van der Waals surface area contributed by atoms with E-state index in [0.717, 1.165) is 23.0 Å². The smallest absolute Gasteiger partial charge is 0.114 e. The average Bonchev–Trinajstić information content (AvgIpc) is 2.73. The van der Waals surface area contributed by atoms with Crippen molar-refractivity contribution in [2.45, 2.75) is 26.7 Å². The van der Waals surface area contributed by atoms with Crippen LogP contribution in [0.2, 0.25) is 0 Å². The molecule has 0 aliphatic carbocycles. The molecular formula is C12H14O2. The lowest BCUT2D eigenvalue weighted by Gasteiger charge is -2.04. The summed E-state index contributed by atoms with van der Waals surface area (Å²) in [6.45, 7) is 5.98. The van der Waals surface area contributed by atoms with Gasteiger partial charge in [-0.15, -0.1) is 0 Å². The molecule has 2 aromatic heterocycles. The van der Waals surface area contributed by atoms with Crippen molar-refractivity contribution in [2.75, 3.05) is 0 Å². The van der Waals surface area contributed by atoms with Crippen molar-refractivity contribution in [1.82, 2.24) is 0 Å². The minimum Gasteiger partial charge on any atom is -0.466 e. The number of hydrogen-bond acceptors (Lipinski definition) is 2. The molecule has 74 valence electrons. The van der Waals surface area contributed by atoms with E-state index in [9.17, 15) is 0 Å². The van der Waals surface area contributed by atoms with Crippen molar-refractivity contribution in [3.05, 3.63) is 47.3 Å². The fourth-order valence-electron chi connectivity index (χ4n) is 1.51. The molecule has 0 saturated heterocycles. The molecule has 0 bridgehead atoms. The fourth-order valence-corrected chi connectivity index (χ4v) is 1.51. The Bertz CT molecular complexity index is 383. The molecule has 2 heterocycles. The van der Waals surface area contributed by atoms with Gasteiger partial charge in [-0.1, -0.05) is 0 Å². The molecule has 0 fully saturated rings. The van der Waals surface area contributed by atoms with E-state index in [1.54, 1.807) is 0 Å². The van der Waals surface area contributed by atoms with Crippen LogP contribution in [-0.4, -0.2) is 0 Å². The van der Waals surface area contributed by atoms with Gasteiger partial charge in [-0.2, -0.15) is 0 Å². The van der Waals surface area contributed by atoms with Gasteiger partial charge in [0.2, 0.25) is 0 Å². The zero-order chi connectivity index (χ0) is 10.1. The van der Waals surface area contributed by atoms with Crippen LogP contribution in [0.3, 0.4) is 0 Å². The maximum atomic E-state index is 5.55. The molecule has 0 atom stereocenters. The molecule has 0 aromatic carbocycles. The van der Waals surface area contributed by atoms with E-state index in [1.165, 1.54) is 0 Å². The lowest BCUT2D eigenvalue weighted by atomic mass is 10.1. The SMILES string of the molecule is Cc1ccc(C(C)c2ccc(C)o2)o1. The van der Waals surface area contributed by atoms with Crippen molar-refractivity contribution < 1.29 is 8.83 Å². The molecule has 0 aliphatic heterocycles. The van der Waals surface area contributed by atoms with Crippen molar-refractivity contribution in [3.63, 3.8) is 0 Å². The number of furan rings is 2. The zero-order valence-electron chi connectivity index (χ0n) is 8.70. The van der Waals surface area contributed by atoms with Gasteiger partial charge >= 0.3 is 0 Å². The molecule has 0 amide bonds.